The number of ketones is 1. The van der Waals surface area contributed by atoms with E-state index in [4.69, 9.17) is 4.42 Å². The van der Waals surface area contributed by atoms with Gasteiger partial charge in [0.2, 0.25) is 11.2 Å². The molecule has 3 rings (SSSR count). The van der Waals surface area contributed by atoms with E-state index in [2.05, 4.69) is 0 Å². The fraction of sp³-hybridized carbons (Fsp3) is 0.333. The van der Waals surface area contributed by atoms with Crippen molar-refractivity contribution in [1.82, 2.24) is 0 Å². The first-order valence-corrected chi connectivity index (χ1v) is 6.90. The van der Waals surface area contributed by atoms with Crippen LogP contribution < -0.4 is 5.43 Å². The quantitative estimate of drug-likeness (QED) is 0.495. The second-order valence-corrected chi connectivity index (χ2v) is 5.60. The van der Waals surface area contributed by atoms with Gasteiger partial charge in [-0.15, -0.1) is 0 Å². The van der Waals surface area contributed by atoms with Gasteiger partial charge in [0.25, 0.3) is 0 Å². The topological polar surface area (TPSA) is 148 Å². The maximum Gasteiger partial charge on any atom is 0.238 e. The van der Waals surface area contributed by atoms with Crippen molar-refractivity contribution in [1.29, 1.82) is 0 Å². The first-order chi connectivity index (χ1) is 10.8. The zero-order valence-corrected chi connectivity index (χ0v) is 11.8. The second-order valence-electron chi connectivity index (χ2n) is 5.60. The molecule has 0 amide bonds. The van der Waals surface area contributed by atoms with Gasteiger partial charge in [-0.2, -0.15) is 0 Å². The number of rotatable bonds is 1. The number of hydrogen-bond donors (Lipinski definition) is 5. The van der Waals surface area contributed by atoms with Crippen molar-refractivity contribution in [2.75, 3.05) is 0 Å². The minimum Gasteiger partial charge on any atom is -0.508 e. The lowest BCUT2D eigenvalue weighted by atomic mass is 9.82. The molecule has 23 heavy (non-hydrogen) atoms. The Bertz CT molecular complexity index is 853. The largest absolute Gasteiger partial charge is 0.508 e. The Labute approximate surface area is 128 Å². The summed E-state index contributed by atoms with van der Waals surface area (Å²) in [6.45, 7) is 0. The van der Waals surface area contributed by atoms with Crippen molar-refractivity contribution < 1.29 is 34.7 Å². The number of hydrogen-bond acceptors (Lipinski definition) is 8. The number of aromatic hydroxyl groups is 3. The number of phenolic OH excluding ortho intramolecular Hbond substituents is 2. The number of carbonyl (C=O) groups is 1. The van der Waals surface area contributed by atoms with Crippen LogP contribution in [0.4, 0.5) is 0 Å². The standard InChI is InChI=1S/C15H14O8/c16-6-3-7(17)11-10(4-6)23-15(14(22)13(11)21)5-1-8(18)12(20)9(19)2-5/h3-5,8,12,16-18,20,22H,1-2H2. The third kappa shape index (κ3) is 2.41. The van der Waals surface area contributed by atoms with Crippen LogP contribution in [0, 0.1) is 0 Å². The molecule has 0 radical (unpaired) electrons. The lowest BCUT2D eigenvalue weighted by molar-refractivity contribution is -0.137. The van der Waals surface area contributed by atoms with E-state index in [1.807, 2.05) is 0 Å². The summed E-state index contributed by atoms with van der Waals surface area (Å²) in [4.78, 5) is 23.9. The molecule has 1 aliphatic rings. The van der Waals surface area contributed by atoms with E-state index in [9.17, 15) is 35.1 Å². The molecular formula is C15H14O8. The molecule has 3 atom stereocenters. The summed E-state index contributed by atoms with van der Waals surface area (Å²) in [5, 5.41) is 48.1. The van der Waals surface area contributed by atoms with Crippen LogP contribution in [0.25, 0.3) is 11.0 Å². The fourth-order valence-corrected chi connectivity index (χ4v) is 2.85. The predicted molar refractivity (Wildman–Crippen MR) is 76.5 cm³/mol. The van der Waals surface area contributed by atoms with Crippen LogP contribution in [-0.2, 0) is 4.79 Å². The summed E-state index contributed by atoms with van der Waals surface area (Å²) in [5.41, 5.74) is -1.07. The second kappa shape index (κ2) is 5.25. The number of fused-ring (bicyclic) bond motifs is 1. The normalized spacial score (nSPS) is 25.0. The lowest BCUT2D eigenvalue weighted by Gasteiger charge is -2.28. The predicted octanol–water partition coefficient (Wildman–Crippen LogP) is 0.0781. The van der Waals surface area contributed by atoms with Gasteiger partial charge in [0.05, 0.1) is 6.10 Å². The van der Waals surface area contributed by atoms with Crippen LogP contribution in [0.5, 0.6) is 17.2 Å². The fourth-order valence-electron chi connectivity index (χ4n) is 2.85. The molecule has 0 bridgehead atoms. The third-order valence-corrected chi connectivity index (χ3v) is 4.00. The smallest absolute Gasteiger partial charge is 0.238 e. The zero-order chi connectivity index (χ0) is 16.9. The first kappa shape index (κ1) is 15.3. The molecule has 8 heteroatoms. The lowest BCUT2D eigenvalue weighted by Crippen LogP contribution is -2.40. The summed E-state index contributed by atoms with van der Waals surface area (Å²) in [6.07, 6.45) is -3.14. The molecule has 5 N–H and O–H groups in total. The van der Waals surface area contributed by atoms with Gasteiger partial charge in [0, 0.05) is 24.5 Å². The number of aliphatic hydroxyl groups is 2. The van der Waals surface area contributed by atoms with Gasteiger partial charge in [-0.1, -0.05) is 0 Å². The Morgan fingerprint density at radius 1 is 1.09 bits per heavy atom. The van der Waals surface area contributed by atoms with Crippen LogP contribution in [0.2, 0.25) is 0 Å². The summed E-state index contributed by atoms with van der Waals surface area (Å²) in [6, 6.07) is 2.03. The first-order valence-electron chi connectivity index (χ1n) is 6.90. The minimum absolute atomic E-state index is 0.0836. The Balaban J connectivity index is 2.17. The molecule has 1 aromatic heterocycles. The molecule has 0 saturated heterocycles. The molecule has 8 nitrogen and oxygen atoms in total. The number of aliphatic hydroxyl groups excluding tert-OH is 2. The molecule has 0 aliphatic heterocycles. The van der Waals surface area contributed by atoms with Gasteiger partial charge in [0.15, 0.2) is 11.5 Å². The summed E-state index contributed by atoms with van der Waals surface area (Å²) >= 11 is 0. The number of benzene rings is 1. The minimum atomic E-state index is -1.51. The third-order valence-electron chi connectivity index (χ3n) is 4.00. The molecule has 1 heterocycles. The van der Waals surface area contributed by atoms with Crippen LogP contribution in [0.1, 0.15) is 24.5 Å². The zero-order valence-electron chi connectivity index (χ0n) is 11.8. The van der Waals surface area contributed by atoms with Gasteiger partial charge in [0.1, 0.15) is 28.6 Å². The Morgan fingerprint density at radius 3 is 2.43 bits per heavy atom. The highest BCUT2D eigenvalue weighted by Crippen LogP contribution is 2.38. The van der Waals surface area contributed by atoms with E-state index in [-0.39, 0.29) is 35.3 Å². The van der Waals surface area contributed by atoms with Crippen LogP contribution in [0.3, 0.4) is 0 Å². The average molecular weight is 322 g/mol. The highest BCUT2D eigenvalue weighted by molar-refractivity contribution is 5.87. The van der Waals surface area contributed by atoms with E-state index in [1.165, 1.54) is 0 Å². The van der Waals surface area contributed by atoms with Crippen molar-refractivity contribution in [3.63, 3.8) is 0 Å². The van der Waals surface area contributed by atoms with Gasteiger partial charge >= 0.3 is 0 Å². The van der Waals surface area contributed by atoms with Gasteiger partial charge in [-0.25, -0.2) is 0 Å². The monoisotopic (exact) mass is 322 g/mol. The van der Waals surface area contributed by atoms with E-state index in [0.29, 0.717) is 0 Å². The van der Waals surface area contributed by atoms with Crippen molar-refractivity contribution >= 4 is 16.8 Å². The Morgan fingerprint density at radius 2 is 1.78 bits per heavy atom. The van der Waals surface area contributed by atoms with Crippen LogP contribution >= 0.6 is 0 Å². The van der Waals surface area contributed by atoms with E-state index in [0.717, 1.165) is 12.1 Å². The molecular weight excluding hydrogens is 308 g/mol. The molecule has 2 aromatic rings. The van der Waals surface area contributed by atoms with E-state index in [1.54, 1.807) is 0 Å². The summed E-state index contributed by atoms with van der Waals surface area (Å²) < 4.78 is 5.39. The van der Waals surface area contributed by atoms with Crippen molar-refractivity contribution in [2.45, 2.75) is 31.0 Å². The summed E-state index contributed by atoms with van der Waals surface area (Å²) in [7, 11) is 0. The highest BCUT2D eigenvalue weighted by atomic mass is 16.4. The van der Waals surface area contributed by atoms with E-state index < -0.39 is 40.8 Å². The van der Waals surface area contributed by atoms with Crippen molar-refractivity contribution in [2.24, 2.45) is 0 Å². The Kier molecular flexibility index (Phi) is 3.50. The van der Waals surface area contributed by atoms with Gasteiger partial charge in [-0.3, -0.25) is 9.59 Å². The number of Topliss-reactive ketones (excluding diaryl/α,β-unsaturated/α-hetero) is 1. The molecule has 3 unspecified atom stereocenters. The molecule has 1 aromatic carbocycles. The van der Waals surface area contributed by atoms with Gasteiger partial charge < -0.3 is 29.9 Å². The number of phenols is 2. The molecule has 1 aliphatic carbocycles. The molecule has 1 saturated carbocycles. The van der Waals surface area contributed by atoms with Crippen molar-refractivity contribution in [3.8, 4) is 17.2 Å². The highest BCUT2D eigenvalue weighted by Gasteiger charge is 2.38. The van der Waals surface area contributed by atoms with Crippen LogP contribution in [-0.4, -0.2) is 43.5 Å². The molecule has 0 spiro atoms. The maximum absolute atomic E-state index is 12.2. The Hall–Kier alpha value is -2.58. The summed E-state index contributed by atoms with van der Waals surface area (Å²) in [5.74, 6) is -3.33. The van der Waals surface area contributed by atoms with Gasteiger partial charge in [-0.05, 0) is 6.42 Å². The molecule has 122 valence electrons. The maximum atomic E-state index is 12.2. The van der Waals surface area contributed by atoms with E-state index >= 15 is 0 Å². The van der Waals surface area contributed by atoms with Crippen molar-refractivity contribution in [3.05, 3.63) is 28.1 Å². The SMILES string of the molecule is O=C1CC(c2oc3cc(O)cc(O)c3c(=O)c2O)CC(O)C1O. The number of carbonyl (C=O) groups excluding carboxylic acids is 1. The molecule has 1 fully saturated rings. The average Bonchev–Trinajstić information content (AvgIpc) is 2.47. The van der Waals surface area contributed by atoms with Crippen LogP contribution in [0.15, 0.2) is 21.3 Å².